The molecule has 0 amide bonds. The molecule has 88 valence electrons. The van der Waals surface area contributed by atoms with Gasteiger partial charge in [0.2, 0.25) is 0 Å². The van der Waals surface area contributed by atoms with Gasteiger partial charge in [-0.2, -0.15) is 0 Å². The summed E-state index contributed by atoms with van der Waals surface area (Å²) in [6.45, 7) is 10.8. The fourth-order valence-corrected chi connectivity index (χ4v) is 4.13. The Morgan fingerprint density at radius 3 is 2.53 bits per heavy atom. The molecule has 1 spiro atoms. The van der Waals surface area contributed by atoms with Crippen LogP contribution in [0, 0.1) is 5.92 Å². The van der Waals surface area contributed by atoms with E-state index in [1.165, 1.54) is 38.2 Å². The molecule has 0 aromatic carbocycles. The lowest BCUT2D eigenvalue weighted by Crippen LogP contribution is -2.50. The quantitative estimate of drug-likeness (QED) is 0.780. The van der Waals surface area contributed by atoms with Crippen LogP contribution in [0.1, 0.15) is 33.6 Å². The molecule has 1 atom stereocenters. The van der Waals surface area contributed by atoms with Crippen LogP contribution in [0.3, 0.4) is 0 Å². The third-order valence-electron chi connectivity index (χ3n) is 3.41. The van der Waals surface area contributed by atoms with Crippen LogP contribution in [0.2, 0.25) is 0 Å². The Labute approximate surface area is 98.2 Å². The monoisotopic (exact) mass is 228 g/mol. The van der Waals surface area contributed by atoms with E-state index in [9.17, 15) is 0 Å². The number of piperidine rings is 1. The van der Waals surface area contributed by atoms with Gasteiger partial charge in [-0.1, -0.05) is 13.8 Å². The molecular weight excluding hydrogens is 204 g/mol. The lowest BCUT2D eigenvalue weighted by atomic mass is 10.0. The maximum absolute atomic E-state index is 3.78. The summed E-state index contributed by atoms with van der Waals surface area (Å²) < 4.78 is 0. The minimum Gasteiger partial charge on any atom is -0.303 e. The lowest BCUT2D eigenvalue weighted by Gasteiger charge is -2.39. The Kier molecular flexibility index (Phi) is 3.63. The van der Waals surface area contributed by atoms with Gasteiger partial charge >= 0.3 is 0 Å². The van der Waals surface area contributed by atoms with Gasteiger partial charge in [0.1, 0.15) is 0 Å². The molecule has 2 saturated heterocycles. The van der Waals surface area contributed by atoms with Crippen molar-refractivity contribution in [2.75, 3.05) is 25.4 Å². The topological polar surface area (TPSA) is 15.3 Å². The minimum absolute atomic E-state index is 0.437. The normalized spacial score (nSPS) is 31.6. The van der Waals surface area contributed by atoms with E-state index < -0.39 is 0 Å². The van der Waals surface area contributed by atoms with Gasteiger partial charge in [-0.3, -0.25) is 5.32 Å². The molecule has 0 aromatic rings. The van der Waals surface area contributed by atoms with E-state index in [4.69, 9.17) is 0 Å². The van der Waals surface area contributed by atoms with Crippen molar-refractivity contribution < 1.29 is 0 Å². The Balaban J connectivity index is 1.81. The maximum Gasteiger partial charge on any atom is 0.0672 e. The summed E-state index contributed by atoms with van der Waals surface area (Å²) in [4.78, 5) is 3.06. The summed E-state index contributed by atoms with van der Waals surface area (Å²) >= 11 is 2.16. The summed E-state index contributed by atoms with van der Waals surface area (Å²) in [6, 6.07) is 0.714. The van der Waals surface area contributed by atoms with Crippen LogP contribution in [-0.2, 0) is 0 Å². The van der Waals surface area contributed by atoms with E-state index >= 15 is 0 Å². The van der Waals surface area contributed by atoms with Gasteiger partial charge in [0.25, 0.3) is 0 Å². The van der Waals surface area contributed by atoms with Crippen LogP contribution in [0.4, 0.5) is 0 Å². The zero-order chi connectivity index (χ0) is 10.9. The molecular formula is C12H24N2S. The van der Waals surface area contributed by atoms with E-state index in [0.717, 1.165) is 5.92 Å². The Morgan fingerprint density at radius 2 is 2.07 bits per heavy atom. The third kappa shape index (κ3) is 2.89. The molecule has 2 nitrogen and oxygen atoms in total. The van der Waals surface area contributed by atoms with Crippen molar-refractivity contribution >= 4 is 11.8 Å². The van der Waals surface area contributed by atoms with Gasteiger partial charge in [0.05, 0.1) is 4.87 Å². The predicted molar refractivity (Wildman–Crippen MR) is 68.3 cm³/mol. The number of nitrogens with one attached hydrogen (secondary N) is 1. The van der Waals surface area contributed by atoms with Crippen molar-refractivity contribution in [3.63, 3.8) is 0 Å². The van der Waals surface area contributed by atoms with Crippen molar-refractivity contribution in [3.8, 4) is 0 Å². The molecule has 2 aliphatic rings. The first-order valence-electron chi connectivity index (χ1n) is 6.24. The van der Waals surface area contributed by atoms with Crippen molar-refractivity contribution in [2.24, 2.45) is 5.92 Å². The van der Waals surface area contributed by atoms with Crippen LogP contribution < -0.4 is 5.32 Å². The highest BCUT2D eigenvalue weighted by atomic mass is 32.2. The van der Waals surface area contributed by atoms with Gasteiger partial charge in [-0.05, 0) is 25.7 Å². The molecule has 1 N–H and O–H groups in total. The van der Waals surface area contributed by atoms with E-state index in [0.29, 0.717) is 10.9 Å². The maximum atomic E-state index is 3.78. The van der Waals surface area contributed by atoms with E-state index in [1.54, 1.807) is 0 Å². The molecule has 3 heteroatoms. The zero-order valence-electron chi connectivity index (χ0n) is 10.3. The second-order valence-electron chi connectivity index (χ2n) is 5.55. The number of hydrogen-bond donors (Lipinski definition) is 1. The van der Waals surface area contributed by atoms with Crippen molar-refractivity contribution in [1.29, 1.82) is 0 Å². The number of likely N-dealkylation sites (tertiary alicyclic amines) is 1. The second-order valence-corrected chi connectivity index (χ2v) is 6.95. The average Bonchev–Trinajstić information content (AvgIpc) is 2.52. The van der Waals surface area contributed by atoms with Crippen LogP contribution >= 0.6 is 11.8 Å². The van der Waals surface area contributed by atoms with Gasteiger partial charge in [0.15, 0.2) is 0 Å². The first-order valence-corrected chi connectivity index (χ1v) is 7.22. The molecule has 1 unspecified atom stereocenters. The smallest absolute Gasteiger partial charge is 0.0672 e. The predicted octanol–water partition coefficient (Wildman–Crippen LogP) is 2.16. The van der Waals surface area contributed by atoms with Gasteiger partial charge in [0, 0.05) is 31.4 Å². The third-order valence-corrected chi connectivity index (χ3v) is 5.15. The van der Waals surface area contributed by atoms with Gasteiger partial charge in [-0.15, -0.1) is 11.8 Å². The lowest BCUT2D eigenvalue weighted by molar-refractivity contribution is 0.168. The fraction of sp³-hybridized carbons (Fsp3) is 1.00. The number of rotatable bonds is 2. The Hall–Kier alpha value is 0.270. The molecule has 0 radical (unpaired) electrons. The SMILES string of the molecule is CC(C)CN1CCC2(CC1)NC(C)CS2. The van der Waals surface area contributed by atoms with Crippen LogP contribution in [0.5, 0.6) is 0 Å². The largest absolute Gasteiger partial charge is 0.303 e. The fourth-order valence-electron chi connectivity index (χ4n) is 2.72. The van der Waals surface area contributed by atoms with Crippen LogP contribution in [-0.4, -0.2) is 41.2 Å². The van der Waals surface area contributed by atoms with E-state index in [2.05, 4.69) is 42.7 Å². The Bertz CT molecular complexity index is 210. The highest BCUT2D eigenvalue weighted by Gasteiger charge is 2.40. The molecule has 2 aliphatic heterocycles. The summed E-state index contributed by atoms with van der Waals surface area (Å²) in [6.07, 6.45) is 2.66. The highest BCUT2D eigenvalue weighted by Crippen LogP contribution is 2.38. The van der Waals surface area contributed by atoms with Crippen molar-refractivity contribution in [1.82, 2.24) is 10.2 Å². The van der Waals surface area contributed by atoms with Crippen molar-refractivity contribution in [2.45, 2.75) is 44.5 Å². The average molecular weight is 228 g/mol. The molecule has 0 saturated carbocycles. The van der Waals surface area contributed by atoms with Gasteiger partial charge < -0.3 is 4.90 Å². The molecule has 2 heterocycles. The first kappa shape index (κ1) is 11.7. The summed E-state index contributed by atoms with van der Waals surface area (Å²) in [7, 11) is 0. The molecule has 0 bridgehead atoms. The first-order chi connectivity index (χ1) is 7.10. The summed E-state index contributed by atoms with van der Waals surface area (Å²) in [5.41, 5.74) is 0. The number of nitrogens with zero attached hydrogens (tertiary/aromatic N) is 1. The molecule has 15 heavy (non-hydrogen) atoms. The Morgan fingerprint density at radius 1 is 1.40 bits per heavy atom. The molecule has 0 aliphatic carbocycles. The number of thioether (sulfide) groups is 1. The minimum atomic E-state index is 0.437. The zero-order valence-corrected chi connectivity index (χ0v) is 11.1. The van der Waals surface area contributed by atoms with Crippen molar-refractivity contribution in [3.05, 3.63) is 0 Å². The van der Waals surface area contributed by atoms with Gasteiger partial charge in [-0.25, -0.2) is 0 Å². The standard InChI is InChI=1S/C12H24N2S/c1-10(2)8-14-6-4-12(5-7-14)13-11(3)9-15-12/h10-11,13H,4-9H2,1-3H3. The second kappa shape index (κ2) is 4.64. The molecule has 2 fully saturated rings. The number of hydrogen-bond acceptors (Lipinski definition) is 3. The summed E-state index contributed by atoms with van der Waals surface area (Å²) in [5.74, 6) is 2.10. The van der Waals surface area contributed by atoms with Crippen LogP contribution in [0.15, 0.2) is 0 Å². The van der Waals surface area contributed by atoms with E-state index in [-0.39, 0.29) is 0 Å². The summed E-state index contributed by atoms with van der Waals surface area (Å²) in [5, 5.41) is 3.78. The van der Waals surface area contributed by atoms with Crippen LogP contribution in [0.25, 0.3) is 0 Å². The van der Waals surface area contributed by atoms with E-state index in [1.807, 2.05) is 0 Å². The highest BCUT2D eigenvalue weighted by molar-refractivity contribution is 8.00. The molecule has 0 aromatic heterocycles. The molecule has 2 rings (SSSR count).